The average molecular weight is 250 g/mol. The predicted molar refractivity (Wildman–Crippen MR) is 67.8 cm³/mol. The van der Waals surface area contributed by atoms with Crippen LogP contribution in [-0.4, -0.2) is 28.0 Å². The Bertz CT molecular complexity index is 454. The van der Waals surface area contributed by atoms with Crippen LogP contribution in [0.25, 0.3) is 0 Å². The molecule has 1 heterocycles. The van der Waals surface area contributed by atoms with Gasteiger partial charge in [0.1, 0.15) is 5.69 Å². The van der Waals surface area contributed by atoms with Crippen LogP contribution in [0.5, 0.6) is 0 Å². The third-order valence-corrected chi connectivity index (χ3v) is 2.87. The highest BCUT2D eigenvalue weighted by Gasteiger charge is 2.15. The van der Waals surface area contributed by atoms with Crippen LogP contribution in [-0.2, 0) is 0 Å². The number of aromatic nitrogens is 1. The molecule has 0 spiro atoms. The van der Waals surface area contributed by atoms with Crippen molar-refractivity contribution >= 4 is 11.9 Å². The molecule has 1 aromatic heterocycles. The number of aryl methyl sites for hydroxylation is 1. The first-order valence-corrected chi connectivity index (χ1v) is 6.01. The van der Waals surface area contributed by atoms with Gasteiger partial charge in [0.2, 0.25) is 0 Å². The number of carboxylic acid groups (broad SMARTS) is 1. The maximum Gasteiger partial charge on any atom is 0.337 e. The second-order valence-electron chi connectivity index (χ2n) is 4.12. The van der Waals surface area contributed by atoms with Crippen LogP contribution in [0.4, 0.5) is 0 Å². The highest BCUT2D eigenvalue weighted by atomic mass is 16.4. The highest BCUT2D eigenvalue weighted by molar-refractivity contribution is 5.94. The Kier molecular flexibility index (Phi) is 4.83. The van der Waals surface area contributed by atoms with E-state index in [1.165, 1.54) is 12.1 Å². The van der Waals surface area contributed by atoms with Gasteiger partial charge in [0.15, 0.2) is 0 Å². The summed E-state index contributed by atoms with van der Waals surface area (Å²) in [6.07, 6.45) is 1.71. The molecule has 0 radical (unpaired) electrons. The second-order valence-corrected chi connectivity index (χ2v) is 4.12. The van der Waals surface area contributed by atoms with Gasteiger partial charge >= 0.3 is 5.97 Å². The maximum absolute atomic E-state index is 11.9. The summed E-state index contributed by atoms with van der Waals surface area (Å²) >= 11 is 0. The lowest BCUT2D eigenvalue weighted by molar-refractivity contribution is 0.0694. The molecule has 0 fully saturated rings. The molecule has 0 unspecified atom stereocenters. The first-order chi connectivity index (χ1) is 8.49. The van der Waals surface area contributed by atoms with Gasteiger partial charge < -0.3 is 10.4 Å². The van der Waals surface area contributed by atoms with Crippen LogP contribution in [0, 0.1) is 6.92 Å². The van der Waals surface area contributed by atoms with Gasteiger partial charge in [-0.1, -0.05) is 13.8 Å². The number of hydrogen-bond acceptors (Lipinski definition) is 3. The molecule has 0 aliphatic carbocycles. The summed E-state index contributed by atoms with van der Waals surface area (Å²) in [5, 5.41) is 11.7. The molecule has 1 rings (SSSR count). The third kappa shape index (κ3) is 3.29. The summed E-state index contributed by atoms with van der Waals surface area (Å²) < 4.78 is 0. The van der Waals surface area contributed by atoms with Gasteiger partial charge in [-0.15, -0.1) is 0 Å². The molecule has 0 aromatic carbocycles. The number of aromatic carboxylic acids is 1. The zero-order valence-corrected chi connectivity index (χ0v) is 10.9. The number of carboxylic acids is 1. The zero-order chi connectivity index (χ0) is 13.7. The molecule has 0 atom stereocenters. The quantitative estimate of drug-likeness (QED) is 0.837. The first-order valence-electron chi connectivity index (χ1n) is 6.01. The Morgan fingerprint density at radius 1 is 1.33 bits per heavy atom. The van der Waals surface area contributed by atoms with E-state index in [9.17, 15) is 9.59 Å². The number of rotatable bonds is 5. The fraction of sp³-hybridized carbons (Fsp3) is 0.462. The lowest BCUT2D eigenvalue weighted by Gasteiger charge is -2.14. The summed E-state index contributed by atoms with van der Waals surface area (Å²) in [6.45, 7) is 5.58. The minimum absolute atomic E-state index is 0.120. The highest BCUT2D eigenvalue weighted by Crippen LogP contribution is 2.08. The number of nitrogens with zero attached hydrogens (tertiary/aromatic N) is 1. The van der Waals surface area contributed by atoms with Crippen molar-refractivity contribution in [3.8, 4) is 0 Å². The molecular formula is C13H18N2O3. The van der Waals surface area contributed by atoms with Crippen molar-refractivity contribution in [2.24, 2.45) is 0 Å². The van der Waals surface area contributed by atoms with Gasteiger partial charge in [-0.25, -0.2) is 9.78 Å². The van der Waals surface area contributed by atoms with E-state index in [0.29, 0.717) is 5.69 Å². The second kappa shape index (κ2) is 6.14. The van der Waals surface area contributed by atoms with Gasteiger partial charge in [0, 0.05) is 6.04 Å². The Balaban J connectivity index is 2.88. The van der Waals surface area contributed by atoms with E-state index < -0.39 is 5.97 Å². The number of amides is 1. The largest absolute Gasteiger partial charge is 0.478 e. The van der Waals surface area contributed by atoms with Crippen LogP contribution >= 0.6 is 0 Å². The fourth-order valence-corrected chi connectivity index (χ4v) is 1.67. The SMILES string of the molecule is CCC(CC)NC(=O)c1ccc(C(=O)O)c(C)n1. The van der Waals surface area contributed by atoms with Gasteiger partial charge in [-0.2, -0.15) is 0 Å². The van der Waals surface area contributed by atoms with Crippen molar-refractivity contribution in [3.63, 3.8) is 0 Å². The molecule has 1 aromatic rings. The monoisotopic (exact) mass is 250 g/mol. The number of hydrogen-bond donors (Lipinski definition) is 2. The third-order valence-electron chi connectivity index (χ3n) is 2.87. The molecule has 98 valence electrons. The summed E-state index contributed by atoms with van der Waals surface area (Å²) in [4.78, 5) is 26.7. The minimum Gasteiger partial charge on any atom is -0.478 e. The van der Waals surface area contributed by atoms with Crippen LogP contribution < -0.4 is 5.32 Å². The molecule has 2 N–H and O–H groups in total. The minimum atomic E-state index is -1.04. The Morgan fingerprint density at radius 3 is 2.39 bits per heavy atom. The maximum atomic E-state index is 11.9. The average Bonchev–Trinajstić information content (AvgIpc) is 2.34. The molecule has 0 saturated heterocycles. The zero-order valence-electron chi connectivity index (χ0n) is 10.9. The van der Waals surface area contributed by atoms with Crippen LogP contribution in [0.15, 0.2) is 12.1 Å². The van der Waals surface area contributed by atoms with E-state index in [1.807, 2.05) is 13.8 Å². The van der Waals surface area contributed by atoms with Crippen LogP contribution in [0.1, 0.15) is 53.2 Å². The van der Waals surface area contributed by atoms with E-state index in [-0.39, 0.29) is 23.2 Å². The fourth-order valence-electron chi connectivity index (χ4n) is 1.67. The number of carbonyl (C=O) groups excluding carboxylic acids is 1. The van der Waals surface area contributed by atoms with Gasteiger partial charge in [-0.05, 0) is 31.9 Å². The smallest absolute Gasteiger partial charge is 0.337 e. The molecule has 18 heavy (non-hydrogen) atoms. The van der Waals surface area contributed by atoms with E-state index >= 15 is 0 Å². The van der Waals surface area contributed by atoms with E-state index in [4.69, 9.17) is 5.11 Å². The lowest BCUT2D eigenvalue weighted by atomic mass is 10.1. The van der Waals surface area contributed by atoms with Crippen molar-refractivity contribution in [2.45, 2.75) is 39.7 Å². The van der Waals surface area contributed by atoms with Crippen molar-refractivity contribution < 1.29 is 14.7 Å². The summed E-state index contributed by atoms with van der Waals surface area (Å²) in [5.41, 5.74) is 0.721. The van der Waals surface area contributed by atoms with E-state index in [2.05, 4.69) is 10.3 Å². The molecule has 0 bridgehead atoms. The van der Waals surface area contributed by atoms with Crippen LogP contribution in [0.3, 0.4) is 0 Å². The van der Waals surface area contributed by atoms with Gasteiger partial charge in [0.05, 0.1) is 11.3 Å². The molecule has 5 heteroatoms. The predicted octanol–water partition coefficient (Wildman–Crippen LogP) is 2.01. The molecule has 1 amide bonds. The molecule has 5 nitrogen and oxygen atoms in total. The summed E-state index contributed by atoms with van der Waals surface area (Å²) in [7, 11) is 0. The molecule has 0 aliphatic heterocycles. The number of pyridine rings is 1. The van der Waals surface area contributed by atoms with Crippen molar-refractivity contribution in [1.82, 2.24) is 10.3 Å². The van der Waals surface area contributed by atoms with E-state index in [1.54, 1.807) is 6.92 Å². The summed E-state index contributed by atoms with van der Waals surface area (Å²) in [5.74, 6) is -1.30. The van der Waals surface area contributed by atoms with Crippen LogP contribution in [0.2, 0.25) is 0 Å². The summed E-state index contributed by atoms with van der Waals surface area (Å²) in [6, 6.07) is 2.97. The van der Waals surface area contributed by atoms with Crippen molar-refractivity contribution in [3.05, 3.63) is 29.1 Å². The van der Waals surface area contributed by atoms with Crippen molar-refractivity contribution in [1.29, 1.82) is 0 Å². The normalized spacial score (nSPS) is 10.4. The number of carbonyl (C=O) groups is 2. The van der Waals surface area contributed by atoms with Crippen molar-refractivity contribution in [2.75, 3.05) is 0 Å². The Morgan fingerprint density at radius 2 is 1.94 bits per heavy atom. The first kappa shape index (κ1) is 14.2. The van der Waals surface area contributed by atoms with Gasteiger partial charge in [0.25, 0.3) is 5.91 Å². The molecule has 0 saturated carbocycles. The topological polar surface area (TPSA) is 79.3 Å². The molecular weight excluding hydrogens is 232 g/mol. The Hall–Kier alpha value is -1.91. The Labute approximate surface area is 106 Å². The lowest BCUT2D eigenvalue weighted by Crippen LogP contribution is -2.34. The van der Waals surface area contributed by atoms with Gasteiger partial charge in [-0.3, -0.25) is 4.79 Å². The number of nitrogens with one attached hydrogen (secondary N) is 1. The standard InChI is InChI=1S/C13H18N2O3/c1-4-9(5-2)15-12(16)11-7-6-10(13(17)18)8(3)14-11/h6-7,9H,4-5H2,1-3H3,(H,15,16)(H,17,18). The van der Waals surface area contributed by atoms with E-state index in [0.717, 1.165) is 12.8 Å². The molecule has 0 aliphatic rings.